The standard InChI is InChI=1S/C12H16ClIN2/c1-7(2)6-9-10(14)11(13)16-12(15-9)8-4-3-5-8/h7-8H,3-6H2,1-2H3. The van der Waals surface area contributed by atoms with E-state index in [1.165, 1.54) is 19.3 Å². The highest BCUT2D eigenvalue weighted by atomic mass is 127. The van der Waals surface area contributed by atoms with E-state index in [1.54, 1.807) is 0 Å². The van der Waals surface area contributed by atoms with E-state index in [1.807, 2.05) is 0 Å². The van der Waals surface area contributed by atoms with Crippen LogP contribution in [0, 0.1) is 9.49 Å². The maximum Gasteiger partial charge on any atom is 0.146 e. The van der Waals surface area contributed by atoms with E-state index in [4.69, 9.17) is 16.6 Å². The molecule has 88 valence electrons. The Balaban J connectivity index is 2.30. The molecule has 1 aromatic heterocycles. The van der Waals surface area contributed by atoms with Gasteiger partial charge < -0.3 is 0 Å². The largest absolute Gasteiger partial charge is 0.236 e. The molecule has 1 aromatic rings. The fourth-order valence-corrected chi connectivity index (χ4v) is 2.51. The van der Waals surface area contributed by atoms with Crippen LogP contribution in [0.1, 0.15) is 50.5 Å². The predicted octanol–water partition coefficient (Wildman–Crippen LogP) is 4.20. The monoisotopic (exact) mass is 350 g/mol. The van der Waals surface area contributed by atoms with Gasteiger partial charge in [-0.3, -0.25) is 0 Å². The summed E-state index contributed by atoms with van der Waals surface area (Å²) in [5, 5.41) is 0.633. The molecule has 1 fully saturated rings. The van der Waals surface area contributed by atoms with Crippen molar-refractivity contribution in [3.63, 3.8) is 0 Å². The highest BCUT2D eigenvalue weighted by Gasteiger charge is 2.24. The summed E-state index contributed by atoms with van der Waals surface area (Å²) in [7, 11) is 0. The first kappa shape index (κ1) is 12.6. The van der Waals surface area contributed by atoms with Crippen molar-refractivity contribution in [2.24, 2.45) is 5.92 Å². The van der Waals surface area contributed by atoms with Crippen molar-refractivity contribution in [3.8, 4) is 0 Å². The normalized spacial score (nSPS) is 16.6. The average Bonchev–Trinajstić information content (AvgIpc) is 2.09. The van der Waals surface area contributed by atoms with Gasteiger partial charge in [0.1, 0.15) is 11.0 Å². The van der Waals surface area contributed by atoms with Gasteiger partial charge in [-0.15, -0.1) is 0 Å². The molecule has 2 rings (SSSR count). The number of halogens is 2. The molecule has 0 aromatic carbocycles. The summed E-state index contributed by atoms with van der Waals surface area (Å²) in [6.07, 6.45) is 4.73. The van der Waals surface area contributed by atoms with Crippen LogP contribution >= 0.6 is 34.2 Å². The van der Waals surface area contributed by atoms with Gasteiger partial charge >= 0.3 is 0 Å². The van der Waals surface area contributed by atoms with Crippen molar-refractivity contribution in [2.75, 3.05) is 0 Å². The smallest absolute Gasteiger partial charge is 0.146 e. The Morgan fingerprint density at radius 1 is 1.38 bits per heavy atom. The number of hydrogen-bond donors (Lipinski definition) is 0. The summed E-state index contributed by atoms with van der Waals surface area (Å²) in [6.45, 7) is 4.41. The van der Waals surface area contributed by atoms with E-state index >= 15 is 0 Å². The highest BCUT2D eigenvalue weighted by molar-refractivity contribution is 14.1. The third-order valence-electron chi connectivity index (χ3n) is 2.97. The highest BCUT2D eigenvalue weighted by Crippen LogP contribution is 2.35. The van der Waals surface area contributed by atoms with Gasteiger partial charge in [-0.25, -0.2) is 9.97 Å². The molecule has 0 atom stereocenters. The molecular weight excluding hydrogens is 335 g/mol. The van der Waals surface area contributed by atoms with Crippen molar-refractivity contribution < 1.29 is 0 Å². The maximum absolute atomic E-state index is 6.17. The second kappa shape index (κ2) is 5.17. The van der Waals surface area contributed by atoms with Crippen LogP contribution in [0.5, 0.6) is 0 Å². The maximum atomic E-state index is 6.17. The van der Waals surface area contributed by atoms with Crippen molar-refractivity contribution in [2.45, 2.75) is 45.4 Å². The Morgan fingerprint density at radius 3 is 2.56 bits per heavy atom. The summed E-state index contributed by atoms with van der Waals surface area (Å²) in [6, 6.07) is 0. The lowest BCUT2D eigenvalue weighted by molar-refractivity contribution is 0.399. The average molecular weight is 351 g/mol. The first-order chi connectivity index (χ1) is 7.58. The summed E-state index contributed by atoms with van der Waals surface area (Å²) in [4.78, 5) is 9.10. The minimum atomic E-state index is 0.556. The Labute approximate surface area is 115 Å². The topological polar surface area (TPSA) is 25.8 Å². The lowest BCUT2D eigenvalue weighted by Crippen LogP contribution is -2.15. The fourth-order valence-electron chi connectivity index (χ4n) is 1.85. The minimum absolute atomic E-state index is 0.556. The number of aromatic nitrogens is 2. The van der Waals surface area contributed by atoms with Crippen molar-refractivity contribution in [1.82, 2.24) is 9.97 Å². The van der Waals surface area contributed by atoms with E-state index in [9.17, 15) is 0 Å². The Kier molecular flexibility index (Phi) is 4.06. The predicted molar refractivity (Wildman–Crippen MR) is 74.9 cm³/mol. The zero-order valence-corrected chi connectivity index (χ0v) is 12.5. The first-order valence-corrected chi connectivity index (χ1v) is 7.25. The van der Waals surface area contributed by atoms with Crippen LogP contribution in [-0.4, -0.2) is 9.97 Å². The summed E-state index contributed by atoms with van der Waals surface area (Å²) in [5.41, 5.74) is 1.12. The Hall–Kier alpha value is 0.100. The minimum Gasteiger partial charge on any atom is -0.236 e. The van der Waals surface area contributed by atoms with Gasteiger partial charge in [-0.2, -0.15) is 0 Å². The van der Waals surface area contributed by atoms with Crippen LogP contribution in [0.3, 0.4) is 0 Å². The van der Waals surface area contributed by atoms with Crippen LogP contribution < -0.4 is 0 Å². The van der Waals surface area contributed by atoms with Crippen LogP contribution in [0.25, 0.3) is 0 Å². The molecule has 0 radical (unpaired) electrons. The van der Waals surface area contributed by atoms with Gasteiger partial charge in [0.2, 0.25) is 0 Å². The van der Waals surface area contributed by atoms with Crippen LogP contribution in [-0.2, 0) is 6.42 Å². The number of rotatable bonds is 3. The van der Waals surface area contributed by atoms with Crippen LogP contribution in [0.4, 0.5) is 0 Å². The third-order valence-corrected chi connectivity index (χ3v) is 4.69. The molecule has 0 spiro atoms. The molecular formula is C12H16ClIN2. The van der Waals surface area contributed by atoms with E-state index in [0.717, 1.165) is 21.5 Å². The van der Waals surface area contributed by atoms with Gasteiger partial charge in [0.15, 0.2) is 0 Å². The molecule has 0 aliphatic heterocycles. The molecule has 0 amide bonds. The molecule has 1 aliphatic rings. The zero-order valence-electron chi connectivity index (χ0n) is 9.63. The van der Waals surface area contributed by atoms with E-state index in [0.29, 0.717) is 17.0 Å². The van der Waals surface area contributed by atoms with Crippen molar-refractivity contribution in [3.05, 3.63) is 20.2 Å². The number of hydrogen-bond acceptors (Lipinski definition) is 2. The van der Waals surface area contributed by atoms with Gasteiger partial charge in [-0.1, -0.05) is 31.9 Å². The quantitative estimate of drug-likeness (QED) is 0.603. The zero-order chi connectivity index (χ0) is 11.7. The lowest BCUT2D eigenvalue weighted by Gasteiger charge is -2.24. The molecule has 1 aliphatic carbocycles. The van der Waals surface area contributed by atoms with Gasteiger partial charge in [0.05, 0.1) is 9.26 Å². The summed E-state index contributed by atoms with van der Waals surface area (Å²) in [5.74, 6) is 2.13. The van der Waals surface area contributed by atoms with Crippen molar-refractivity contribution in [1.29, 1.82) is 0 Å². The number of nitrogens with zero attached hydrogens (tertiary/aromatic N) is 2. The lowest BCUT2D eigenvalue weighted by atomic mass is 9.85. The molecule has 1 heterocycles. The van der Waals surface area contributed by atoms with E-state index < -0.39 is 0 Å². The molecule has 4 heteroatoms. The Morgan fingerprint density at radius 2 is 2.06 bits per heavy atom. The van der Waals surface area contributed by atoms with Crippen molar-refractivity contribution >= 4 is 34.2 Å². The van der Waals surface area contributed by atoms with E-state index in [2.05, 4.69) is 41.4 Å². The molecule has 0 saturated heterocycles. The molecule has 0 unspecified atom stereocenters. The summed E-state index contributed by atoms with van der Waals surface area (Å²) < 4.78 is 1.02. The molecule has 16 heavy (non-hydrogen) atoms. The molecule has 0 N–H and O–H groups in total. The van der Waals surface area contributed by atoms with Gasteiger partial charge in [0.25, 0.3) is 0 Å². The van der Waals surface area contributed by atoms with Gasteiger partial charge in [-0.05, 0) is 47.8 Å². The second-order valence-corrected chi connectivity index (χ2v) is 6.30. The van der Waals surface area contributed by atoms with E-state index in [-0.39, 0.29) is 0 Å². The molecule has 2 nitrogen and oxygen atoms in total. The van der Waals surface area contributed by atoms with Gasteiger partial charge in [0, 0.05) is 5.92 Å². The third kappa shape index (κ3) is 2.67. The SMILES string of the molecule is CC(C)Cc1nc(C2CCC2)nc(Cl)c1I. The second-order valence-electron chi connectivity index (χ2n) is 4.86. The molecule has 0 bridgehead atoms. The fraction of sp³-hybridized carbons (Fsp3) is 0.667. The summed E-state index contributed by atoms with van der Waals surface area (Å²) >= 11 is 8.42. The van der Waals surface area contributed by atoms with Crippen LogP contribution in [0.15, 0.2) is 0 Å². The van der Waals surface area contributed by atoms with Crippen LogP contribution in [0.2, 0.25) is 5.15 Å². The Bertz CT molecular complexity index is 389. The molecule has 1 saturated carbocycles. The first-order valence-electron chi connectivity index (χ1n) is 5.79.